The van der Waals surface area contributed by atoms with Crippen LogP contribution in [-0.4, -0.2) is 44.2 Å². The fraction of sp³-hybridized carbons (Fsp3) is 0.500. The second-order valence-corrected chi connectivity index (χ2v) is 6.69. The van der Waals surface area contributed by atoms with E-state index in [4.69, 9.17) is 14.1 Å². The number of nitrogens with one attached hydrogen (secondary N) is 2. The quantitative estimate of drug-likeness (QED) is 0.333. The Morgan fingerprint density at radius 2 is 1.89 bits per heavy atom. The number of benzene rings is 1. The number of ether oxygens (including phenoxy) is 1. The van der Waals surface area contributed by atoms with Crippen molar-refractivity contribution in [2.45, 2.75) is 39.9 Å². The third-order valence-corrected chi connectivity index (χ3v) is 4.28. The maximum Gasteiger partial charge on any atom is 0.191 e. The minimum absolute atomic E-state index is 0.644. The second kappa shape index (κ2) is 13.0. The molecule has 0 fully saturated rings. The van der Waals surface area contributed by atoms with Crippen molar-refractivity contribution in [1.82, 2.24) is 15.5 Å². The Balaban J connectivity index is 1.92. The third-order valence-electron chi connectivity index (χ3n) is 4.28. The summed E-state index contributed by atoms with van der Waals surface area (Å²) in [5.41, 5.74) is 2.52. The van der Waals surface area contributed by atoms with Gasteiger partial charge >= 0.3 is 0 Å². The normalized spacial score (nSPS) is 11.8. The van der Waals surface area contributed by atoms with Gasteiger partial charge in [-0.25, -0.2) is 4.99 Å². The van der Waals surface area contributed by atoms with Gasteiger partial charge in [0.2, 0.25) is 0 Å². The van der Waals surface area contributed by atoms with Gasteiger partial charge in [0.15, 0.2) is 5.96 Å². The number of rotatable bonds is 12. The van der Waals surface area contributed by atoms with E-state index in [9.17, 15) is 0 Å². The molecule has 154 valence electrons. The Morgan fingerprint density at radius 1 is 1.07 bits per heavy atom. The summed E-state index contributed by atoms with van der Waals surface area (Å²) >= 11 is 0. The summed E-state index contributed by atoms with van der Waals surface area (Å²) in [4.78, 5) is 7.01. The number of nitrogens with zero attached hydrogens (tertiary/aromatic N) is 2. The zero-order valence-electron chi connectivity index (χ0n) is 17.4. The highest BCUT2D eigenvalue weighted by Gasteiger charge is 2.08. The summed E-state index contributed by atoms with van der Waals surface area (Å²) in [7, 11) is 2.10. The molecule has 0 amide bonds. The maximum absolute atomic E-state index is 5.45. The molecule has 0 unspecified atom stereocenters. The molecule has 2 aromatic rings. The molecule has 28 heavy (non-hydrogen) atoms. The van der Waals surface area contributed by atoms with Gasteiger partial charge in [-0.2, -0.15) is 0 Å². The molecule has 2 N–H and O–H groups in total. The predicted molar refractivity (Wildman–Crippen MR) is 114 cm³/mol. The molecule has 0 aliphatic carbocycles. The molecule has 0 saturated heterocycles. The van der Waals surface area contributed by atoms with Crippen molar-refractivity contribution in [3.05, 3.63) is 59.5 Å². The first kappa shape index (κ1) is 22.0. The lowest BCUT2D eigenvalue weighted by Crippen LogP contribution is -2.38. The van der Waals surface area contributed by atoms with Crippen LogP contribution in [0.15, 0.2) is 52.1 Å². The van der Waals surface area contributed by atoms with Gasteiger partial charge in [0.1, 0.15) is 5.76 Å². The summed E-state index contributed by atoms with van der Waals surface area (Å²) in [5.74, 6) is 1.82. The molecule has 6 nitrogen and oxygen atoms in total. The van der Waals surface area contributed by atoms with E-state index in [2.05, 4.69) is 53.8 Å². The molecule has 0 spiro atoms. The minimum atomic E-state index is 0.644. The van der Waals surface area contributed by atoms with Crippen molar-refractivity contribution in [2.24, 2.45) is 4.99 Å². The molecule has 0 atom stereocenters. The lowest BCUT2D eigenvalue weighted by molar-refractivity contribution is 0.145. The van der Waals surface area contributed by atoms with E-state index >= 15 is 0 Å². The van der Waals surface area contributed by atoms with Gasteiger partial charge in [-0.3, -0.25) is 4.90 Å². The van der Waals surface area contributed by atoms with Gasteiger partial charge in [0, 0.05) is 32.8 Å². The van der Waals surface area contributed by atoms with Crippen molar-refractivity contribution in [2.75, 3.05) is 33.4 Å². The molecule has 1 aromatic heterocycles. The molecular formula is C22H34N4O2. The predicted octanol–water partition coefficient (Wildman–Crippen LogP) is 3.39. The highest BCUT2D eigenvalue weighted by atomic mass is 16.5. The molecule has 0 bridgehead atoms. The van der Waals surface area contributed by atoms with Crippen molar-refractivity contribution in [3.63, 3.8) is 0 Å². The van der Waals surface area contributed by atoms with E-state index in [1.54, 1.807) is 6.26 Å². The minimum Gasteiger partial charge on any atom is -0.468 e. The molecule has 0 aliphatic heterocycles. The molecule has 6 heteroatoms. The summed E-state index contributed by atoms with van der Waals surface area (Å²) in [6, 6.07) is 12.4. The smallest absolute Gasteiger partial charge is 0.191 e. The van der Waals surface area contributed by atoms with Crippen LogP contribution in [0.25, 0.3) is 0 Å². The third kappa shape index (κ3) is 8.15. The summed E-state index contributed by atoms with van der Waals surface area (Å²) in [6.45, 7) is 9.60. The van der Waals surface area contributed by atoms with Crippen LogP contribution in [0.1, 0.15) is 37.2 Å². The molecule has 0 saturated carbocycles. The van der Waals surface area contributed by atoms with E-state index in [0.29, 0.717) is 6.54 Å². The van der Waals surface area contributed by atoms with Gasteiger partial charge in [0.05, 0.1) is 19.4 Å². The van der Waals surface area contributed by atoms with E-state index in [1.807, 2.05) is 19.1 Å². The fourth-order valence-corrected chi connectivity index (χ4v) is 2.91. The van der Waals surface area contributed by atoms with Crippen LogP contribution in [0.3, 0.4) is 0 Å². The Labute approximate surface area is 169 Å². The first-order valence-electron chi connectivity index (χ1n) is 10.1. The monoisotopic (exact) mass is 386 g/mol. The lowest BCUT2D eigenvalue weighted by atomic mass is 10.1. The van der Waals surface area contributed by atoms with Gasteiger partial charge in [-0.1, -0.05) is 24.3 Å². The summed E-state index contributed by atoms with van der Waals surface area (Å²) < 4.78 is 10.8. The molecule has 2 rings (SSSR count). The highest BCUT2D eigenvalue weighted by molar-refractivity contribution is 5.79. The van der Waals surface area contributed by atoms with Gasteiger partial charge < -0.3 is 19.8 Å². The Hall–Kier alpha value is -2.31. The molecular weight excluding hydrogens is 352 g/mol. The van der Waals surface area contributed by atoms with E-state index < -0.39 is 0 Å². The zero-order valence-corrected chi connectivity index (χ0v) is 17.4. The van der Waals surface area contributed by atoms with E-state index in [0.717, 1.165) is 57.5 Å². The van der Waals surface area contributed by atoms with Crippen LogP contribution >= 0.6 is 0 Å². The zero-order chi connectivity index (χ0) is 20.0. The average Bonchev–Trinajstić information content (AvgIpc) is 3.19. The average molecular weight is 387 g/mol. The van der Waals surface area contributed by atoms with E-state index in [-0.39, 0.29) is 0 Å². The van der Waals surface area contributed by atoms with Crippen molar-refractivity contribution in [3.8, 4) is 0 Å². The molecule has 1 aromatic carbocycles. The standard InChI is InChI=1S/C22H34N4O2/c1-4-23-22(24-13-9-14-27-5-2)25-16-19-10-6-7-11-20(19)17-26(3)18-21-12-8-15-28-21/h6-8,10-12,15H,4-5,9,13-14,16-18H2,1-3H3,(H2,23,24,25). The van der Waals surface area contributed by atoms with Crippen molar-refractivity contribution >= 4 is 5.96 Å². The SMILES string of the molecule is CCNC(=NCc1ccccc1CN(C)Cc1ccco1)NCCCOCC. The van der Waals surface area contributed by atoms with Gasteiger partial charge in [0.25, 0.3) is 0 Å². The van der Waals surface area contributed by atoms with Gasteiger partial charge in [-0.15, -0.1) is 0 Å². The Bertz CT molecular complexity index is 686. The molecule has 1 heterocycles. The number of furan rings is 1. The van der Waals surface area contributed by atoms with Crippen LogP contribution in [0.5, 0.6) is 0 Å². The van der Waals surface area contributed by atoms with Crippen LogP contribution in [0.4, 0.5) is 0 Å². The van der Waals surface area contributed by atoms with Crippen molar-refractivity contribution in [1.29, 1.82) is 0 Å². The molecule has 0 radical (unpaired) electrons. The summed E-state index contributed by atoms with van der Waals surface area (Å²) in [6.07, 6.45) is 2.68. The van der Waals surface area contributed by atoms with Crippen molar-refractivity contribution < 1.29 is 9.15 Å². The first-order chi connectivity index (χ1) is 13.7. The fourth-order valence-electron chi connectivity index (χ4n) is 2.91. The topological polar surface area (TPSA) is 62.0 Å². The number of guanidine groups is 1. The van der Waals surface area contributed by atoms with Crippen LogP contribution < -0.4 is 10.6 Å². The number of hydrogen-bond donors (Lipinski definition) is 2. The van der Waals surface area contributed by atoms with Crippen LogP contribution in [0, 0.1) is 0 Å². The highest BCUT2D eigenvalue weighted by Crippen LogP contribution is 2.14. The summed E-state index contributed by atoms with van der Waals surface area (Å²) in [5, 5.41) is 6.68. The first-order valence-corrected chi connectivity index (χ1v) is 10.1. The Morgan fingerprint density at radius 3 is 2.61 bits per heavy atom. The Kier molecular flexibility index (Phi) is 10.2. The molecule has 0 aliphatic rings. The number of aliphatic imine (C=N–C) groups is 1. The second-order valence-electron chi connectivity index (χ2n) is 6.69. The lowest BCUT2D eigenvalue weighted by Gasteiger charge is -2.17. The van der Waals surface area contributed by atoms with Crippen LogP contribution in [0.2, 0.25) is 0 Å². The van der Waals surface area contributed by atoms with Gasteiger partial charge in [-0.05, 0) is 50.6 Å². The van der Waals surface area contributed by atoms with Crippen LogP contribution in [-0.2, 0) is 24.4 Å². The van der Waals surface area contributed by atoms with E-state index in [1.165, 1.54) is 11.1 Å². The largest absolute Gasteiger partial charge is 0.468 e. The maximum atomic E-state index is 5.45. The number of hydrogen-bond acceptors (Lipinski definition) is 4.